The minimum atomic E-state index is 0. The molecule has 2 aromatic rings. The minimum absolute atomic E-state index is 0. The summed E-state index contributed by atoms with van der Waals surface area (Å²) in [5, 5.41) is 0. The fraction of sp³-hybridized carbons (Fsp3) is 0.400. The summed E-state index contributed by atoms with van der Waals surface area (Å²) in [6, 6.07) is 21.3. The summed E-state index contributed by atoms with van der Waals surface area (Å²) in [6.07, 6.45) is 2.01. The van der Waals surface area contributed by atoms with E-state index < -0.39 is 0 Å². The van der Waals surface area contributed by atoms with Crippen LogP contribution in [-0.2, 0) is 17.8 Å². The van der Waals surface area contributed by atoms with Gasteiger partial charge >= 0.3 is 0 Å². The van der Waals surface area contributed by atoms with Crippen molar-refractivity contribution in [1.29, 1.82) is 0 Å². The van der Waals surface area contributed by atoms with Gasteiger partial charge in [-0.2, -0.15) is 0 Å². The smallest absolute Gasteiger partial charge is 0.0484 e. The van der Waals surface area contributed by atoms with Crippen molar-refractivity contribution < 1.29 is 4.74 Å². The lowest BCUT2D eigenvalue weighted by Gasteiger charge is -2.46. The Morgan fingerprint density at radius 2 is 1.29 bits per heavy atom. The van der Waals surface area contributed by atoms with Gasteiger partial charge in [-0.05, 0) is 24.0 Å². The van der Waals surface area contributed by atoms with E-state index in [0.29, 0.717) is 6.54 Å². The van der Waals surface area contributed by atoms with Crippen LogP contribution in [-0.4, -0.2) is 30.2 Å². The molecule has 3 rings (SSSR count). The van der Waals surface area contributed by atoms with E-state index in [2.05, 4.69) is 65.6 Å². The molecule has 0 atom stereocenters. The summed E-state index contributed by atoms with van der Waals surface area (Å²) < 4.78 is 5.59. The summed E-state index contributed by atoms with van der Waals surface area (Å²) in [5.41, 5.74) is 8.95. The molecule has 1 heterocycles. The molecule has 3 nitrogen and oxygen atoms in total. The van der Waals surface area contributed by atoms with Crippen molar-refractivity contribution in [2.45, 2.75) is 31.5 Å². The summed E-state index contributed by atoms with van der Waals surface area (Å²) in [4.78, 5) is 2.56. The van der Waals surface area contributed by atoms with E-state index in [-0.39, 0.29) is 17.9 Å². The normalized spacial score (nSPS) is 16.6. The van der Waals surface area contributed by atoms with Gasteiger partial charge in [0.25, 0.3) is 0 Å². The average molecular weight is 347 g/mol. The van der Waals surface area contributed by atoms with Gasteiger partial charge in [0.1, 0.15) is 0 Å². The quantitative estimate of drug-likeness (QED) is 0.868. The molecule has 0 bridgehead atoms. The molecule has 1 aliphatic heterocycles. The third-order valence-electron chi connectivity index (χ3n) is 4.91. The van der Waals surface area contributed by atoms with Gasteiger partial charge in [-0.1, -0.05) is 60.7 Å². The summed E-state index contributed by atoms with van der Waals surface area (Å²) >= 11 is 0. The monoisotopic (exact) mass is 346 g/mol. The van der Waals surface area contributed by atoms with E-state index in [1.54, 1.807) is 0 Å². The van der Waals surface area contributed by atoms with Crippen LogP contribution in [0.15, 0.2) is 60.7 Å². The van der Waals surface area contributed by atoms with Gasteiger partial charge in [0.15, 0.2) is 0 Å². The molecule has 0 unspecified atom stereocenters. The Bertz CT molecular complexity index is 544. The zero-order chi connectivity index (χ0) is 16.0. The Morgan fingerprint density at radius 1 is 0.833 bits per heavy atom. The predicted molar refractivity (Wildman–Crippen MR) is 101 cm³/mol. The fourth-order valence-electron chi connectivity index (χ4n) is 3.40. The number of hydrogen-bond acceptors (Lipinski definition) is 3. The second kappa shape index (κ2) is 9.19. The SMILES string of the molecule is Cl.NCC1(N(Cc2ccccc2)Cc2ccccc2)CCOCC1. The lowest BCUT2D eigenvalue weighted by atomic mass is 9.87. The van der Waals surface area contributed by atoms with Crippen molar-refractivity contribution in [1.82, 2.24) is 4.90 Å². The highest BCUT2D eigenvalue weighted by Crippen LogP contribution is 2.30. The highest BCUT2D eigenvalue weighted by molar-refractivity contribution is 5.85. The number of hydrogen-bond donors (Lipinski definition) is 1. The third-order valence-corrected chi connectivity index (χ3v) is 4.91. The van der Waals surface area contributed by atoms with Crippen LogP contribution >= 0.6 is 12.4 Å². The van der Waals surface area contributed by atoms with E-state index in [0.717, 1.165) is 39.1 Å². The molecule has 2 aromatic carbocycles. The molecule has 24 heavy (non-hydrogen) atoms. The van der Waals surface area contributed by atoms with E-state index in [1.807, 2.05) is 0 Å². The van der Waals surface area contributed by atoms with Crippen molar-refractivity contribution >= 4 is 12.4 Å². The van der Waals surface area contributed by atoms with Crippen molar-refractivity contribution in [3.8, 4) is 0 Å². The van der Waals surface area contributed by atoms with E-state index >= 15 is 0 Å². The van der Waals surface area contributed by atoms with E-state index in [1.165, 1.54) is 11.1 Å². The maximum Gasteiger partial charge on any atom is 0.0484 e. The molecule has 130 valence electrons. The molecular weight excluding hydrogens is 320 g/mol. The Kier molecular flexibility index (Phi) is 7.25. The van der Waals surface area contributed by atoms with Crippen molar-refractivity contribution in [3.05, 3.63) is 71.8 Å². The molecule has 1 aliphatic rings. The van der Waals surface area contributed by atoms with Gasteiger partial charge in [0.2, 0.25) is 0 Å². The van der Waals surface area contributed by atoms with Gasteiger partial charge in [-0.3, -0.25) is 4.90 Å². The third kappa shape index (κ3) is 4.58. The highest BCUT2D eigenvalue weighted by atomic mass is 35.5. The summed E-state index contributed by atoms with van der Waals surface area (Å²) in [5.74, 6) is 0. The van der Waals surface area contributed by atoms with Crippen LogP contribution in [0.5, 0.6) is 0 Å². The first kappa shape index (κ1) is 18.9. The van der Waals surface area contributed by atoms with Crippen LogP contribution < -0.4 is 5.73 Å². The lowest BCUT2D eigenvalue weighted by Crippen LogP contribution is -2.56. The highest BCUT2D eigenvalue weighted by Gasteiger charge is 2.37. The number of nitrogens with zero attached hydrogens (tertiary/aromatic N) is 1. The van der Waals surface area contributed by atoms with Crippen LogP contribution in [0.25, 0.3) is 0 Å². The molecule has 0 amide bonds. The van der Waals surface area contributed by atoms with Crippen molar-refractivity contribution in [2.24, 2.45) is 5.73 Å². The van der Waals surface area contributed by atoms with E-state index in [9.17, 15) is 0 Å². The van der Waals surface area contributed by atoms with Gasteiger partial charge in [0.05, 0.1) is 0 Å². The second-order valence-corrected chi connectivity index (χ2v) is 6.37. The van der Waals surface area contributed by atoms with Gasteiger partial charge in [0, 0.05) is 38.4 Å². The molecule has 0 spiro atoms. The Hall–Kier alpha value is -1.39. The van der Waals surface area contributed by atoms with Crippen LogP contribution in [0.1, 0.15) is 24.0 Å². The maximum absolute atomic E-state index is 6.25. The fourth-order valence-corrected chi connectivity index (χ4v) is 3.40. The first-order valence-corrected chi connectivity index (χ1v) is 8.43. The molecule has 1 fully saturated rings. The minimum Gasteiger partial charge on any atom is -0.381 e. The summed E-state index contributed by atoms with van der Waals surface area (Å²) in [7, 11) is 0. The molecule has 2 N–H and O–H groups in total. The van der Waals surface area contributed by atoms with Crippen LogP contribution in [0.4, 0.5) is 0 Å². The standard InChI is InChI=1S/C20H26N2O.ClH/c21-17-20(11-13-23-14-12-20)22(15-18-7-3-1-4-8-18)16-19-9-5-2-6-10-19;/h1-10H,11-17,21H2;1H. The Labute approximate surface area is 151 Å². The van der Waals surface area contributed by atoms with E-state index in [4.69, 9.17) is 10.5 Å². The number of ether oxygens (including phenoxy) is 1. The second-order valence-electron chi connectivity index (χ2n) is 6.37. The van der Waals surface area contributed by atoms with Crippen LogP contribution in [0.2, 0.25) is 0 Å². The summed E-state index contributed by atoms with van der Waals surface area (Å²) in [6.45, 7) is 4.13. The molecule has 0 aliphatic carbocycles. The molecule has 0 aromatic heterocycles. The Morgan fingerprint density at radius 3 is 1.71 bits per heavy atom. The molecule has 0 saturated carbocycles. The first-order chi connectivity index (χ1) is 11.3. The largest absolute Gasteiger partial charge is 0.381 e. The average Bonchev–Trinajstić information content (AvgIpc) is 2.63. The molecule has 1 saturated heterocycles. The predicted octanol–water partition coefficient (Wildman–Crippen LogP) is 3.62. The Balaban J connectivity index is 0.00000208. The van der Waals surface area contributed by atoms with Crippen LogP contribution in [0.3, 0.4) is 0 Å². The number of rotatable bonds is 6. The van der Waals surface area contributed by atoms with Gasteiger partial charge < -0.3 is 10.5 Å². The first-order valence-electron chi connectivity index (χ1n) is 8.43. The zero-order valence-corrected chi connectivity index (χ0v) is 14.9. The number of nitrogens with two attached hydrogens (primary N) is 1. The van der Waals surface area contributed by atoms with Gasteiger partial charge in [-0.25, -0.2) is 0 Å². The number of benzene rings is 2. The molecular formula is C20H27ClN2O. The topological polar surface area (TPSA) is 38.5 Å². The maximum atomic E-state index is 6.25. The molecule has 0 radical (unpaired) electrons. The molecule has 4 heteroatoms. The van der Waals surface area contributed by atoms with Crippen molar-refractivity contribution in [3.63, 3.8) is 0 Å². The van der Waals surface area contributed by atoms with Crippen LogP contribution in [0, 0.1) is 0 Å². The zero-order valence-electron chi connectivity index (χ0n) is 14.1. The number of halogens is 1. The van der Waals surface area contributed by atoms with Crippen molar-refractivity contribution in [2.75, 3.05) is 19.8 Å². The lowest BCUT2D eigenvalue weighted by molar-refractivity contribution is -0.0325. The van der Waals surface area contributed by atoms with Gasteiger partial charge in [-0.15, -0.1) is 12.4 Å².